The Bertz CT molecular complexity index is 552. The van der Waals surface area contributed by atoms with E-state index in [-0.39, 0.29) is 35.6 Å². The predicted octanol–water partition coefficient (Wildman–Crippen LogP) is -0.389. The Morgan fingerprint density at radius 2 is 2.16 bits per heavy atom. The monoisotopic (exact) mass is 284 g/mol. The fraction of sp³-hybridized carbons (Fsp3) is 0.455. The van der Waals surface area contributed by atoms with Crippen molar-refractivity contribution in [3.05, 3.63) is 18.3 Å². The molecule has 1 heterocycles. The summed E-state index contributed by atoms with van der Waals surface area (Å²) in [6.07, 6.45) is 3.32. The van der Waals surface area contributed by atoms with Crippen molar-refractivity contribution in [3.63, 3.8) is 0 Å². The van der Waals surface area contributed by atoms with Gasteiger partial charge in [0.1, 0.15) is 10.7 Å². The fourth-order valence-corrected chi connectivity index (χ4v) is 2.44. The number of aromatic nitrogens is 1. The number of pyridine rings is 1. The molecule has 0 aliphatic heterocycles. The van der Waals surface area contributed by atoms with Crippen LogP contribution in [0.1, 0.15) is 19.3 Å². The van der Waals surface area contributed by atoms with Crippen molar-refractivity contribution in [1.82, 2.24) is 15.0 Å². The van der Waals surface area contributed by atoms with Gasteiger partial charge in [-0.15, -0.1) is 0 Å². The molecule has 0 aromatic carbocycles. The Morgan fingerprint density at radius 3 is 2.74 bits per heavy atom. The second-order valence-corrected chi connectivity index (χ2v) is 6.18. The van der Waals surface area contributed by atoms with Crippen LogP contribution in [0.25, 0.3) is 0 Å². The Hall–Kier alpha value is -1.67. The molecule has 4 N–H and O–H groups in total. The summed E-state index contributed by atoms with van der Waals surface area (Å²) in [4.78, 5) is 15.1. The molecule has 104 valence electrons. The average Bonchev–Trinajstić information content (AvgIpc) is 3.13. The minimum absolute atomic E-state index is 0.0318. The molecule has 1 amide bonds. The van der Waals surface area contributed by atoms with Crippen LogP contribution in [-0.2, 0) is 14.8 Å². The normalized spacial score (nSPS) is 15.2. The van der Waals surface area contributed by atoms with E-state index >= 15 is 0 Å². The van der Waals surface area contributed by atoms with Crippen LogP contribution in [0.15, 0.2) is 23.2 Å². The molecule has 1 aliphatic carbocycles. The predicted molar refractivity (Wildman–Crippen MR) is 69.6 cm³/mol. The summed E-state index contributed by atoms with van der Waals surface area (Å²) >= 11 is 0. The Balaban J connectivity index is 1.83. The topological polar surface area (TPSA) is 114 Å². The van der Waals surface area contributed by atoms with Crippen LogP contribution in [0, 0.1) is 0 Å². The summed E-state index contributed by atoms with van der Waals surface area (Å²) in [6, 6.07) is 3.06. The fourth-order valence-electron chi connectivity index (χ4n) is 1.46. The van der Waals surface area contributed by atoms with E-state index < -0.39 is 10.0 Å². The van der Waals surface area contributed by atoms with Gasteiger partial charge in [0.25, 0.3) is 0 Å². The third kappa shape index (κ3) is 4.18. The number of nitrogens with two attached hydrogens (primary N) is 1. The molecule has 1 aliphatic rings. The summed E-state index contributed by atoms with van der Waals surface area (Å²) in [7, 11) is -3.63. The first-order valence-electron chi connectivity index (χ1n) is 5.98. The van der Waals surface area contributed by atoms with Gasteiger partial charge in [0, 0.05) is 25.2 Å². The molecule has 0 atom stereocenters. The molecular formula is C11H16N4O3S. The molecule has 1 fully saturated rings. The van der Waals surface area contributed by atoms with E-state index in [0.29, 0.717) is 0 Å². The van der Waals surface area contributed by atoms with E-state index in [1.807, 2.05) is 0 Å². The Morgan fingerprint density at radius 1 is 1.42 bits per heavy atom. The van der Waals surface area contributed by atoms with Crippen LogP contribution < -0.4 is 15.8 Å². The second kappa shape index (κ2) is 5.54. The molecule has 1 saturated carbocycles. The van der Waals surface area contributed by atoms with Crippen LogP contribution in [-0.4, -0.2) is 31.9 Å². The van der Waals surface area contributed by atoms with Gasteiger partial charge in [-0.25, -0.2) is 18.1 Å². The minimum atomic E-state index is -3.63. The number of nitrogens with zero attached hydrogens (tertiary/aromatic N) is 1. The van der Waals surface area contributed by atoms with E-state index in [1.54, 1.807) is 0 Å². The highest BCUT2D eigenvalue weighted by molar-refractivity contribution is 7.89. The Labute approximate surface area is 111 Å². The lowest BCUT2D eigenvalue weighted by molar-refractivity contribution is -0.121. The van der Waals surface area contributed by atoms with Gasteiger partial charge in [-0.3, -0.25) is 4.79 Å². The number of nitrogen functional groups attached to an aromatic ring is 1. The molecule has 2 rings (SSSR count). The van der Waals surface area contributed by atoms with Gasteiger partial charge in [0.05, 0.1) is 0 Å². The zero-order chi connectivity index (χ0) is 13.9. The van der Waals surface area contributed by atoms with Crippen LogP contribution in [0.3, 0.4) is 0 Å². The van der Waals surface area contributed by atoms with Crippen LogP contribution in [0.5, 0.6) is 0 Å². The number of hydrogen-bond donors (Lipinski definition) is 3. The molecule has 19 heavy (non-hydrogen) atoms. The minimum Gasteiger partial charge on any atom is -0.384 e. The zero-order valence-corrected chi connectivity index (χ0v) is 11.1. The van der Waals surface area contributed by atoms with E-state index in [2.05, 4.69) is 15.0 Å². The number of anilines is 1. The third-order valence-electron chi connectivity index (χ3n) is 2.66. The van der Waals surface area contributed by atoms with Crippen LogP contribution in [0.4, 0.5) is 5.82 Å². The Kier molecular flexibility index (Phi) is 4.01. The molecule has 0 radical (unpaired) electrons. The van der Waals surface area contributed by atoms with E-state index in [9.17, 15) is 13.2 Å². The van der Waals surface area contributed by atoms with E-state index in [4.69, 9.17) is 5.73 Å². The number of sulfonamides is 1. The summed E-state index contributed by atoms with van der Waals surface area (Å²) in [6.45, 7) is 0.0608. The second-order valence-electron chi connectivity index (χ2n) is 4.41. The average molecular weight is 284 g/mol. The molecular weight excluding hydrogens is 268 g/mol. The van der Waals surface area contributed by atoms with Gasteiger partial charge in [-0.05, 0) is 25.0 Å². The number of carbonyl (C=O) groups excluding carboxylic acids is 1. The quantitative estimate of drug-likeness (QED) is 0.658. The molecule has 0 spiro atoms. The van der Waals surface area contributed by atoms with E-state index in [0.717, 1.165) is 12.8 Å². The lowest BCUT2D eigenvalue weighted by Crippen LogP contribution is -2.31. The number of amides is 1. The molecule has 1 aromatic rings. The van der Waals surface area contributed by atoms with Crippen molar-refractivity contribution in [2.75, 3.05) is 12.3 Å². The van der Waals surface area contributed by atoms with Crippen molar-refractivity contribution in [3.8, 4) is 0 Å². The van der Waals surface area contributed by atoms with Gasteiger partial charge in [0.15, 0.2) is 0 Å². The molecule has 0 bridgehead atoms. The van der Waals surface area contributed by atoms with Crippen molar-refractivity contribution in [2.24, 2.45) is 0 Å². The summed E-state index contributed by atoms with van der Waals surface area (Å²) in [5, 5.41) is 2.78. The summed E-state index contributed by atoms with van der Waals surface area (Å²) in [5.41, 5.74) is 5.38. The van der Waals surface area contributed by atoms with E-state index in [1.165, 1.54) is 18.3 Å². The molecule has 0 unspecified atom stereocenters. The van der Waals surface area contributed by atoms with Crippen molar-refractivity contribution in [2.45, 2.75) is 30.2 Å². The van der Waals surface area contributed by atoms with Gasteiger partial charge in [0.2, 0.25) is 15.9 Å². The van der Waals surface area contributed by atoms with Crippen molar-refractivity contribution in [1.29, 1.82) is 0 Å². The maximum Gasteiger partial charge on any atom is 0.242 e. The van der Waals surface area contributed by atoms with Gasteiger partial charge < -0.3 is 11.1 Å². The maximum absolute atomic E-state index is 11.8. The standard InChI is InChI=1S/C11H16N4O3S/c12-10-4-3-9(7-13-10)19(17,18)14-6-5-11(16)15-8-1-2-8/h3-4,7-8,14H,1-2,5-6H2,(H2,12,13)(H,15,16). The highest BCUT2D eigenvalue weighted by Crippen LogP contribution is 2.18. The SMILES string of the molecule is Nc1ccc(S(=O)(=O)NCCC(=O)NC2CC2)cn1. The zero-order valence-electron chi connectivity index (χ0n) is 10.3. The molecule has 7 nitrogen and oxygen atoms in total. The van der Waals surface area contributed by atoms with Crippen molar-refractivity contribution < 1.29 is 13.2 Å². The van der Waals surface area contributed by atoms with Crippen LogP contribution >= 0.6 is 0 Å². The summed E-state index contributed by atoms with van der Waals surface area (Å²) in [5.74, 6) is 0.114. The van der Waals surface area contributed by atoms with Crippen LogP contribution in [0.2, 0.25) is 0 Å². The number of carbonyl (C=O) groups is 1. The molecule has 8 heteroatoms. The number of nitrogens with one attached hydrogen (secondary N) is 2. The highest BCUT2D eigenvalue weighted by Gasteiger charge is 2.23. The lowest BCUT2D eigenvalue weighted by Gasteiger charge is -2.07. The first-order chi connectivity index (χ1) is 8.97. The van der Waals surface area contributed by atoms with Crippen molar-refractivity contribution >= 4 is 21.7 Å². The maximum atomic E-state index is 11.8. The van der Waals surface area contributed by atoms with Gasteiger partial charge >= 0.3 is 0 Å². The largest absolute Gasteiger partial charge is 0.384 e. The van der Waals surface area contributed by atoms with Gasteiger partial charge in [-0.2, -0.15) is 0 Å². The highest BCUT2D eigenvalue weighted by atomic mass is 32.2. The summed E-state index contributed by atoms with van der Waals surface area (Å²) < 4.78 is 26.0. The first-order valence-corrected chi connectivity index (χ1v) is 7.46. The van der Waals surface area contributed by atoms with Gasteiger partial charge in [-0.1, -0.05) is 0 Å². The number of rotatable bonds is 6. The molecule has 1 aromatic heterocycles. The number of hydrogen-bond acceptors (Lipinski definition) is 5. The lowest BCUT2D eigenvalue weighted by atomic mass is 10.4. The smallest absolute Gasteiger partial charge is 0.242 e. The molecule has 0 saturated heterocycles. The third-order valence-corrected chi connectivity index (χ3v) is 4.10. The first kappa shape index (κ1) is 13.8.